The monoisotopic (exact) mass is 416 g/mol. The molecule has 2 aromatic carbocycles. The predicted octanol–water partition coefficient (Wildman–Crippen LogP) is 5.83. The Morgan fingerprint density at radius 2 is 2.04 bits per heavy atom. The van der Waals surface area contributed by atoms with Gasteiger partial charge in [0.1, 0.15) is 6.33 Å². The van der Waals surface area contributed by atoms with Crippen LogP contribution >= 0.6 is 35.0 Å². The molecule has 136 valence electrons. The number of aromatic nitrogens is 4. The number of halogens is 2. The number of oxazole rings is 1. The molecule has 27 heavy (non-hydrogen) atoms. The van der Waals surface area contributed by atoms with Gasteiger partial charge in [0, 0.05) is 15.6 Å². The standard InChI is InChI=1S/C19H14Cl2N4OS/c1-12-5-6-15(8-16(12)21)25-11-23-24-19(25)27-10-18-22-9-17(26-18)13-3-2-4-14(20)7-13/h2-9,11H,10H2,1H3. The van der Waals surface area contributed by atoms with Gasteiger partial charge in [0.25, 0.3) is 0 Å². The summed E-state index contributed by atoms with van der Waals surface area (Å²) >= 11 is 13.8. The average molecular weight is 417 g/mol. The van der Waals surface area contributed by atoms with Crippen molar-refractivity contribution in [2.45, 2.75) is 17.8 Å². The molecule has 0 aliphatic heterocycles. The molecule has 2 heterocycles. The summed E-state index contributed by atoms with van der Waals surface area (Å²) in [7, 11) is 0. The van der Waals surface area contributed by atoms with E-state index in [9.17, 15) is 0 Å². The minimum absolute atomic E-state index is 0.527. The Morgan fingerprint density at radius 3 is 2.85 bits per heavy atom. The zero-order valence-corrected chi connectivity index (χ0v) is 16.6. The van der Waals surface area contributed by atoms with Crippen LogP contribution in [0.1, 0.15) is 11.5 Å². The molecule has 2 aromatic heterocycles. The first-order valence-electron chi connectivity index (χ1n) is 8.10. The van der Waals surface area contributed by atoms with Crippen molar-refractivity contribution in [3.63, 3.8) is 0 Å². The van der Waals surface area contributed by atoms with Gasteiger partial charge in [0.15, 0.2) is 10.9 Å². The second-order valence-corrected chi connectivity index (χ2v) is 7.62. The van der Waals surface area contributed by atoms with Crippen LogP contribution in [0.15, 0.2) is 64.6 Å². The van der Waals surface area contributed by atoms with Gasteiger partial charge in [-0.05, 0) is 36.8 Å². The zero-order chi connectivity index (χ0) is 18.8. The van der Waals surface area contributed by atoms with Gasteiger partial charge < -0.3 is 4.42 Å². The van der Waals surface area contributed by atoms with Gasteiger partial charge in [-0.15, -0.1) is 10.2 Å². The second-order valence-electron chi connectivity index (χ2n) is 5.83. The largest absolute Gasteiger partial charge is 0.440 e. The summed E-state index contributed by atoms with van der Waals surface area (Å²) < 4.78 is 7.72. The fourth-order valence-corrected chi connectivity index (χ4v) is 3.66. The first-order valence-corrected chi connectivity index (χ1v) is 9.84. The van der Waals surface area contributed by atoms with Crippen LogP contribution in [0.3, 0.4) is 0 Å². The van der Waals surface area contributed by atoms with Crippen molar-refractivity contribution in [1.82, 2.24) is 19.7 Å². The highest BCUT2D eigenvalue weighted by molar-refractivity contribution is 7.98. The van der Waals surface area contributed by atoms with E-state index >= 15 is 0 Å². The number of hydrogen-bond donors (Lipinski definition) is 0. The van der Waals surface area contributed by atoms with Gasteiger partial charge >= 0.3 is 0 Å². The Balaban J connectivity index is 1.50. The molecule has 0 aliphatic carbocycles. The van der Waals surface area contributed by atoms with Crippen LogP contribution in [0.2, 0.25) is 10.0 Å². The molecule has 0 amide bonds. The van der Waals surface area contributed by atoms with Gasteiger partial charge in [-0.2, -0.15) is 0 Å². The maximum absolute atomic E-state index is 6.23. The Kier molecular flexibility index (Phi) is 5.20. The van der Waals surface area contributed by atoms with Crippen molar-refractivity contribution in [3.05, 3.63) is 76.5 Å². The summed E-state index contributed by atoms with van der Waals surface area (Å²) in [5.74, 6) is 1.81. The molecule has 0 fully saturated rings. The van der Waals surface area contributed by atoms with Gasteiger partial charge in [0.05, 0.1) is 17.6 Å². The van der Waals surface area contributed by atoms with Gasteiger partial charge in [-0.1, -0.05) is 53.2 Å². The fraction of sp³-hybridized carbons (Fsp3) is 0.105. The smallest absolute Gasteiger partial charge is 0.205 e. The van der Waals surface area contributed by atoms with E-state index in [4.69, 9.17) is 27.6 Å². The molecular formula is C19H14Cl2N4OS. The third-order valence-electron chi connectivity index (χ3n) is 3.94. The minimum atomic E-state index is 0.527. The van der Waals surface area contributed by atoms with E-state index in [0.29, 0.717) is 27.4 Å². The molecule has 0 unspecified atom stereocenters. The van der Waals surface area contributed by atoms with Crippen LogP contribution in [0.4, 0.5) is 0 Å². The molecule has 0 bridgehead atoms. The number of thioether (sulfide) groups is 1. The van der Waals surface area contributed by atoms with Crippen molar-refractivity contribution in [1.29, 1.82) is 0 Å². The minimum Gasteiger partial charge on any atom is -0.440 e. The van der Waals surface area contributed by atoms with E-state index in [1.807, 2.05) is 54.0 Å². The summed E-state index contributed by atoms with van der Waals surface area (Å²) in [4.78, 5) is 4.34. The van der Waals surface area contributed by atoms with Crippen molar-refractivity contribution in [2.75, 3.05) is 0 Å². The topological polar surface area (TPSA) is 56.7 Å². The summed E-state index contributed by atoms with van der Waals surface area (Å²) in [6.45, 7) is 1.97. The lowest BCUT2D eigenvalue weighted by atomic mass is 10.2. The summed E-state index contributed by atoms with van der Waals surface area (Å²) in [5.41, 5.74) is 2.82. The van der Waals surface area contributed by atoms with Crippen LogP contribution in [0.25, 0.3) is 17.0 Å². The number of rotatable bonds is 5. The summed E-state index contributed by atoms with van der Waals surface area (Å²) in [6.07, 6.45) is 3.36. The normalized spacial score (nSPS) is 11.1. The maximum Gasteiger partial charge on any atom is 0.205 e. The van der Waals surface area contributed by atoms with Crippen LogP contribution in [0, 0.1) is 6.92 Å². The number of hydrogen-bond acceptors (Lipinski definition) is 5. The molecule has 0 saturated heterocycles. The fourth-order valence-electron chi connectivity index (χ4n) is 2.51. The molecule has 8 heteroatoms. The molecule has 0 saturated carbocycles. The van der Waals surface area contributed by atoms with E-state index in [2.05, 4.69) is 15.2 Å². The van der Waals surface area contributed by atoms with Crippen molar-refractivity contribution >= 4 is 35.0 Å². The molecule has 0 radical (unpaired) electrons. The SMILES string of the molecule is Cc1ccc(-n2cnnc2SCc2ncc(-c3cccc(Cl)c3)o2)cc1Cl. The Bertz CT molecular complexity index is 1090. The molecule has 0 N–H and O–H groups in total. The van der Waals surface area contributed by atoms with Crippen LogP contribution < -0.4 is 0 Å². The van der Waals surface area contributed by atoms with E-state index in [0.717, 1.165) is 22.0 Å². The summed E-state index contributed by atoms with van der Waals surface area (Å²) in [6, 6.07) is 13.3. The van der Waals surface area contributed by atoms with Crippen LogP contribution in [-0.4, -0.2) is 19.7 Å². The van der Waals surface area contributed by atoms with Crippen LogP contribution in [-0.2, 0) is 5.75 Å². The number of benzene rings is 2. The second kappa shape index (κ2) is 7.76. The average Bonchev–Trinajstić information content (AvgIpc) is 3.31. The van der Waals surface area contributed by atoms with E-state index in [1.54, 1.807) is 12.5 Å². The number of aryl methyl sites for hydroxylation is 1. The van der Waals surface area contributed by atoms with E-state index < -0.39 is 0 Å². The van der Waals surface area contributed by atoms with Gasteiger partial charge in [-0.25, -0.2) is 4.98 Å². The lowest BCUT2D eigenvalue weighted by molar-refractivity contribution is 0.529. The van der Waals surface area contributed by atoms with Crippen molar-refractivity contribution in [3.8, 4) is 17.0 Å². The third-order valence-corrected chi connectivity index (χ3v) is 5.51. The first kappa shape index (κ1) is 18.1. The zero-order valence-electron chi connectivity index (χ0n) is 14.3. The van der Waals surface area contributed by atoms with E-state index in [1.165, 1.54) is 11.8 Å². The highest BCUT2D eigenvalue weighted by atomic mass is 35.5. The van der Waals surface area contributed by atoms with E-state index in [-0.39, 0.29) is 0 Å². The highest BCUT2D eigenvalue weighted by Crippen LogP contribution is 2.28. The predicted molar refractivity (Wildman–Crippen MR) is 108 cm³/mol. The maximum atomic E-state index is 6.23. The third kappa shape index (κ3) is 4.03. The molecule has 0 atom stereocenters. The molecule has 5 nitrogen and oxygen atoms in total. The highest BCUT2D eigenvalue weighted by Gasteiger charge is 2.12. The quantitative estimate of drug-likeness (QED) is 0.383. The molecular weight excluding hydrogens is 403 g/mol. The lowest BCUT2D eigenvalue weighted by Gasteiger charge is -2.07. The Hall–Kier alpha value is -2.28. The molecule has 4 aromatic rings. The van der Waals surface area contributed by atoms with Crippen molar-refractivity contribution in [2.24, 2.45) is 0 Å². The lowest BCUT2D eigenvalue weighted by Crippen LogP contribution is -1.96. The van der Waals surface area contributed by atoms with Gasteiger partial charge in [0.2, 0.25) is 5.89 Å². The molecule has 4 rings (SSSR count). The number of nitrogens with zero attached hydrogens (tertiary/aromatic N) is 4. The first-order chi connectivity index (χ1) is 13.1. The van der Waals surface area contributed by atoms with Crippen molar-refractivity contribution < 1.29 is 4.42 Å². The molecule has 0 spiro atoms. The van der Waals surface area contributed by atoms with Gasteiger partial charge in [-0.3, -0.25) is 4.57 Å². The summed E-state index contributed by atoms with van der Waals surface area (Å²) in [5, 5.41) is 10.3. The van der Waals surface area contributed by atoms with Crippen LogP contribution in [0.5, 0.6) is 0 Å². The Labute approximate surface area is 170 Å². The molecule has 0 aliphatic rings. The Morgan fingerprint density at radius 1 is 1.15 bits per heavy atom.